The number of benzene rings is 1. The second kappa shape index (κ2) is 7.19. The van der Waals surface area contributed by atoms with Crippen molar-refractivity contribution in [3.63, 3.8) is 0 Å². The van der Waals surface area contributed by atoms with E-state index in [9.17, 15) is 14.0 Å². The van der Waals surface area contributed by atoms with Crippen LogP contribution in [-0.2, 0) is 11.2 Å². The van der Waals surface area contributed by atoms with Gasteiger partial charge in [0.05, 0.1) is 25.3 Å². The third kappa shape index (κ3) is 3.35. The fourth-order valence-corrected chi connectivity index (χ4v) is 3.38. The molecular weight excluding hydrogens is 347 g/mol. The number of aromatic nitrogens is 1. The van der Waals surface area contributed by atoms with Gasteiger partial charge in [-0.2, -0.15) is 0 Å². The summed E-state index contributed by atoms with van der Waals surface area (Å²) in [6.45, 7) is -0.0941. The number of rotatable bonds is 5. The number of nitrogens with zero attached hydrogens (tertiary/aromatic N) is 2. The first-order valence-electron chi connectivity index (χ1n) is 7.77. The zero-order valence-corrected chi connectivity index (χ0v) is 14.3. The Balaban J connectivity index is 1.95. The molecule has 0 spiro atoms. The monoisotopic (exact) mass is 362 g/mol. The van der Waals surface area contributed by atoms with Gasteiger partial charge >= 0.3 is 0 Å². The van der Waals surface area contributed by atoms with Crippen molar-refractivity contribution in [1.82, 2.24) is 9.88 Å². The third-order valence-corrected chi connectivity index (χ3v) is 4.54. The normalized spacial score (nSPS) is 15.6. The Labute approximate surface area is 149 Å². The number of methoxy groups -OCH3 is 1. The first-order valence-corrected chi connectivity index (χ1v) is 8.15. The number of hydrogen-bond donors (Lipinski definition) is 0. The van der Waals surface area contributed by atoms with Crippen molar-refractivity contribution in [3.05, 3.63) is 58.0 Å². The molecule has 1 aromatic carbocycles. The molecule has 1 aromatic heterocycles. The fraction of sp³-hybridized carbons (Fsp3) is 0.278. The van der Waals surface area contributed by atoms with Gasteiger partial charge in [0.2, 0.25) is 5.88 Å². The Morgan fingerprint density at radius 2 is 2.28 bits per heavy atom. The van der Waals surface area contributed by atoms with Gasteiger partial charge in [-0.25, -0.2) is 9.37 Å². The maximum atomic E-state index is 14.1. The summed E-state index contributed by atoms with van der Waals surface area (Å²) < 4.78 is 19.1. The molecule has 1 heterocycles. The molecule has 5 nitrogen and oxygen atoms in total. The largest absolute Gasteiger partial charge is 0.481 e. The number of carbonyl (C=O) groups is 2. The topological polar surface area (TPSA) is 59.5 Å². The van der Waals surface area contributed by atoms with Gasteiger partial charge in [0, 0.05) is 17.3 Å². The fourth-order valence-electron chi connectivity index (χ4n) is 3.17. The van der Waals surface area contributed by atoms with Crippen molar-refractivity contribution in [2.45, 2.75) is 18.9 Å². The number of amides is 1. The van der Waals surface area contributed by atoms with Crippen LogP contribution in [-0.4, -0.2) is 35.7 Å². The van der Waals surface area contributed by atoms with Crippen LogP contribution in [0.2, 0.25) is 5.02 Å². The van der Waals surface area contributed by atoms with E-state index in [1.807, 2.05) is 0 Å². The molecule has 1 aliphatic carbocycles. The van der Waals surface area contributed by atoms with Crippen LogP contribution >= 0.6 is 11.6 Å². The molecule has 0 saturated heterocycles. The van der Waals surface area contributed by atoms with Crippen LogP contribution in [0, 0.1) is 5.82 Å². The van der Waals surface area contributed by atoms with Crippen LogP contribution in [0.5, 0.6) is 5.88 Å². The number of ether oxygens (including phenoxy) is 1. The van der Waals surface area contributed by atoms with Crippen molar-refractivity contribution in [2.75, 3.05) is 13.7 Å². The summed E-state index contributed by atoms with van der Waals surface area (Å²) in [4.78, 5) is 29.4. The van der Waals surface area contributed by atoms with Gasteiger partial charge < -0.3 is 14.4 Å². The zero-order chi connectivity index (χ0) is 18.0. The van der Waals surface area contributed by atoms with Gasteiger partial charge in [0.25, 0.3) is 5.91 Å². The van der Waals surface area contributed by atoms with Crippen LogP contribution in [0.15, 0.2) is 30.5 Å². The Hall–Kier alpha value is -2.47. The Morgan fingerprint density at radius 1 is 1.48 bits per heavy atom. The lowest BCUT2D eigenvalue weighted by atomic mass is 10.1. The molecule has 1 unspecified atom stereocenters. The summed E-state index contributed by atoms with van der Waals surface area (Å²) in [6.07, 6.45) is 3.09. The third-order valence-electron chi connectivity index (χ3n) is 4.32. The quantitative estimate of drug-likeness (QED) is 0.766. The molecule has 25 heavy (non-hydrogen) atoms. The second-order valence-corrected chi connectivity index (χ2v) is 6.16. The van der Waals surface area contributed by atoms with E-state index in [2.05, 4.69) is 4.98 Å². The lowest BCUT2D eigenvalue weighted by Crippen LogP contribution is -2.35. The van der Waals surface area contributed by atoms with Crippen LogP contribution in [0.25, 0.3) is 0 Å². The number of halogens is 2. The number of hydrogen-bond acceptors (Lipinski definition) is 4. The molecule has 0 saturated carbocycles. The highest BCUT2D eigenvalue weighted by molar-refractivity contribution is 6.30. The van der Waals surface area contributed by atoms with Gasteiger partial charge in [-0.05, 0) is 42.2 Å². The van der Waals surface area contributed by atoms with Gasteiger partial charge in [-0.3, -0.25) is 4.79 Å². The van der Waals surface area contributed by atoms with E-state index in [-0.39, 0.29) is 23.3 Å². The van der Waals surface area contributed by atoms with E-state index in [0.29, 0.717) is 41.7 Å². The standard InChI is InChI=1S/C18H16ClFN2O3/c1-25-17-5-2-11(10-21-17)18(24)22(6-7-23)16-4-3-13-14(16)8-12(19)9-15(13)20/h2,5,7-10,16H,3-4,6H2,1H3. The molecule has 2 aromatic rings. The van der Waals surface area contributed by atoms with E-state index in [0.717, 1.165) is 0 Å². The first-order chi connectivity index (χ1) is 12.0. The molecule has 0 aliphatic heterocycles. The molecule has 3 rings (SSSR count). The van der Waals surface area contributed by atoms with Gasteiger partial charge in [-0.1, -0.05) is 11.6 Å². The molecular formula is C18H16ClFN2O3. The molecule has 7 heteroatoms. The minimum atomic E-state index is -0.400. The van der Waals surface area contributed by atoms with E-state index >= 15 is 0 Å². The van der Waals surface area contributed by atoms with Crippen molar-refractivity contribution < 1.29 is 18.7 Å². The smallest absolute Gasteiger partial charge is 0.256 e. The van der Waals surface area contributed by atoms with Crippen LogP contribution in [0.3, 0.4) is 0 Å². The molecule has 130 valence electrons. The van der Waals surface area contributed by atoms with Crippen molar-refractivity contribution in [3.8, 4) is 5.88 Å². The highest BCUT2D eigenvalue weighted by atomic mass is 35.5. The lowest BCUT2D eigenvalue weighted by Gasteiger charge is -2.28. The second-order valence-electron chi connectivity index (χ2n) is 5.72. The van der Waals surface area contributed by atoms with Crippen LogP contribution < -0.4 is 4.74 Å². The molecule has 0 radical (unpaired) electrons. The van der Waals surface area contributed by atoms with Crippen LogP contribution in [0.4, 0.5) is 4.39 Å². The highest BCUT2D eigenvalue weighted by Gasteiger charge is 2.33. The molecule has 1 aliphatic rings. The summed E-state index contributed by atoms with van der Waals surface area (Å²) in [5, 5.41) is 0.271. The maximum absolute atomic E-state index is 14.1. The summed E-state index contributed by atoms with van der Waals surface area (Å²) in [5.74, 6) is -0.339. The molecule has 1 atom stereocenters. The zero-order valence-electron chi connectivity index (χ0n) is 13.5. The highest BCUT2D eigenvalue weighted by Crippen LogP contribution is 2.39. The first kappa shape index (κ1) is 17.4. The lowest BCUT2D eigenvalue weighted by molar-refractivity contribution is -0.108. The number of fused-ring (bicyclic) bond motifs is 1. The summed E-state index contributed by atoms with van der Waals surface area (Å²) in [6, 6.07) is 5.69. The minimum absolute atomic E-state index is 0.0941. The van der Waals surface area contributed by atoms with Crippen molar-refractivity contribution in [1.29, 1.82) is 0 Å². The Kier molecular flexibility index (Phi) is 4.99. The summed E-state index contributed by atoms with van der Waals surface area (Å²) in [5.41, 5.74) is 1.53. The average Bonchev–Trinajstić information content (AvgIpc) is 3.03. The van der Waals surface area contributed by atoms with Crippen LogP contribution in [0.1, 0.15) is 33.9 Å². The van der Waals surface area contributed by atoms with Gasteiger partial charge in [0.1, 0.15) is 12.1 Å². The van der Waals surface area contributed by atoms with Gasteiger partial charge in [0.15, 0.2) is 0 Å². The van der Waals surface area contributed by atoms with Gasteiger partial charge in [-0.15, -0.1) is 0 Å². The molecule has 1 amide bonds. The molecule has 0 fully saturated rings. The average molecular weight is 363 g/mol. The minimum Gasteiger partial charge on any atom is -0.481 e. The summed E-state index contributed by atoms with van der Waals surface area (Å²) >= 11 is 5.97. The number of pyridine rings is 1. The number of carbonyl (C=O) groups excluding carboxylic acids is 2. The molecule has 0 N–H and O–H groups in total. The van der Waals surface area contributed by atoms with E-state index in [1.165, 1.54) is 24.3 Å². The van der Waals surface area contributed by atoms with Crippen molar-refractivity contribution >= 4 is 23.8 Å². The Bertz CT molecular complexity index is 811. The summed E-state index contributed by atoms with van der Waals surface area (Å²) in [7, 11) is 1.48. The Morgan fingerprint density at radius 3 is 2.92 bits per heavy atom. The van der Waals surface area contributed by atoms with E-state index in [4.69, 9.17) is 16.3 Å². The molecule has 0 bridgehead atoms. The predicted molar refractivity (Wildman–Crippen MR) is 90.4 cm³/mol. The number of aldehydes is 1. The predicted octanol–water partition coefficient (Wildman–Crippen LogP) is 3.21. The van der Waals surface area contributed by atoms with E-state index < -0.39 is 6.04 Å². The van der Waals surface area contributed by atoms with Crippen molar-refractivity contribution in [2.24, 2.45) is 0 Å². The maximum Gasteiger partial charge on any atom is 0.256 e. The SMILES string of the molecule is COc1ccc(C(=O)N(CC=O)C2CCc3c(F)cc(Cl)cc32)cn1. The van der Waals surface area contributed by atoms with E-state index in [1.54, 1.807) is 18.2 Å².